The zero-order chi connectivity index (χ0) is 19.3. The average molecular weight is 385 g/mol. The molecule has 0 amide bonds. The van der Waals surface area contributed by atoms with E-state index < -0.39 is 16.6 Å². The van der Waals surface area contributed by atoms with Gasteiger partial charge in [0.05, 0.1) is 0 Å². The molecule has 0 fully saturated rings. The van der Waals surface area contributed by atoms with Gasteiger partial charge in [-0.1, -0.05) is 24.3 Å². The van der Waals surface area contributed by atoms with Gasteiger partial charge in [0, 0.05) is 22.3 Å². The lowest BCUT2D eigenvalue weighted by Gasteiger charge is -2.28. The molecule has 0 aliphatic heterocycles. The molecule has 0 N–H and O–H groups in total. The second kappa shape index (κ2) is 6.21. The standard InChI is InChI=1S/C20H24O4Si2/c1-25(2,3)23-17-11-15-16(12-18(17)24-26(4,5)6)20(22)14-10-8-7-9-13(14)19(15)21/h7-12H,1-6H3. The smallest absolute Gasteiger partial charge is 0.242 e. The van der Waals surface area contributed by atoms with Gasteiger partial charge < -0.3 is 8.85 Å². The normalized spacial score (nSPS) is 13.9. The molecule has 26 heavy (non-hydrogen) atoms. The van der Waals surface area contributed by atoms with Crippen LogP contribution in [0.3, 0.4) is 0 Å². The van der Waals surface area contributed by atoms with E-state index in [0.717, 1.165) is 0 Å². The van der Waals surface area contributed by atoms with Crippen LogP contribution in [0.5, 0.6) is 11.5 Å². The molecule has 0 unspecified atom stereocenters. The lowest BCUT2D eigenvalue weighted by Crippen LogP contribution is -2.33. The molecule has 2 aromatic rings. The summed E-state index contributed by atoms with van der Waals surface area (Å²) in [5, 5.41) is 0. The Bertz CT molecular complexity index is 831. The van der Waals surface area contributed by atoms with Gasteiger partial charge >= 0.3 is 0 Å². The summed E-state index contributed by atoms with van der Waals surface area (Å²) in [4.78, 5) is 25.9. The van der Waals surface area contributed by atoms with Crippen LogP contribution in [-0.4, -0.2) is 28.2 Å². The molecule has 1 aliphatic rings. The van der Waals surface area contributed by atoms with E-state index in [1.54, 1.807) is 36.4 Å². The number of rotatable bonds is 4. The van der Waals surface area contributed by atoms with Gasteiger partial charge in [-0.25, -0.2) is 0 Å². The van der Waals surface area contributed by atoms with Gasteiger partial charge in [0.1, 0.15) is 11.5 Å². The summed E-state index contributed by atoms with van der Waals surface area (Å²) in [5.41, 5.74) is 1.68. The average Bonchev–Trinajstić information content (AvgIpc) is 2.51. The van der Waals surface area contributed by atoms with Gasteiger partial charge in [-0.05, 0) is 51.4 Å². The lowest BCUT2D eigenvalue weighted by atomic mass is 9.84. The number of hydrogen-bond donors (Lipinski definition) is 0. The molecule has 0 spiro atoms. The topological polar surface area (TPSA) is 52.6 Å². The van der Waals surface area contributed by atoms with Crippen LogP contribution in [0, 0.1) is 0 Å². The molecule has 0 aromatic heterocycles. The summed E-state index contributed by atoms with van der Waals surface area (Å²) in [6, 6.07) is 10.3. The van der Waals surface area contributed by atoms with Gasteiger partial charge in [-0.3, -0.25) is 9.59 Å². The van der Waals surface area contributed by atoms with Gasteiger partial charge in [0.25, 0.3) is 0 Å². The van der Waals surface area contributed by atoms with Crippen LogP contribution >= 0.6 is 0 Å². The molecule has 6 heteroatoms. The van der Waals surface area contributed by atoms with E-state index in [1.807, 2.05) is 0 Å². The molecule has 0 saturated carbocycles. The van der Waals surface area contributed by atoms with Crippen molar-refractivity contribution < 1.29 is 18.4 Å². The molecule has 1 aliphatic carbocycles. The summed E-state index contributed by atoms with van der Waals surface area (Å²) in [5.74, 6) is 0.835. The number of ketones is 2. The fourth-order valence-corrected chi connectivity index (χ4v) is 4.56. The third kappa shape index (κ3) is 3.66. The fraction of sp³-hybridized carbons (Fsp3) is 0.300. The first kappa shape index (κ1) is 18.6. The van der Waals surface area contributed by atoms with E-state index >= 15 is 0 Å². The van der Waals surface area contributed by atoms with Gasteiger partial charge in [-0.2, -0.15) is 0 Å². The minimum Gasteiger partial charge on any atom is -0.542 e. The highest BCUT2D eigenvalue weighted by Gasteiger charge is 2.33. The predicted molar refractivity (Wildman–Crippen MR) is 108 cm³/mol. The van der Waals surface area contributed by atoms with Crippen LogP contribution in [0.25, 0.3) is 0 Å². The molecule has 0 bridgehead atoms. The highest BCUT2D eigenvalue weighted by Crippen LogP contribution is 2.38. The summed E-state index contributed by atoms with van der Waals surface area (Å²) in [6.45, 7) is 12.5. The fourth-order valence-electron chi connectivity index (χ4n) is 2.92. The minimum absolute atomic E-state index is 0.143. The Balaban J connectivity index is 2.19. The Morgan fingerprint density at radius 2 is 0.962 bits per heavy atom. The zero-order valence-electron chi connectivity index (χ0n) is 16.1. The first-order chi connectivity index (χ1) is 12.0. The zero-order valence-corrected chi connectivity index (χ0v) is 18.1. The van der Waals surface area contributed by atoms with E-state index in [1.165, 1.54) is 0 Å². The van der Waals surface area contributed by atoms with E-state index in [4.69, 9.17) is 8.85 Å². The number of fused-ring (bicyclic) bond motifs is 2. The van der Waals surface area contributed by atoms with Crippen molar-refractivity contribution in [3.63, 3.8) is 0 Å². The summed E-state index contributed by atoms with van der Waals surface area (Å²) < 4.78 is 12.4. The minimum atomic E-state index is -1.92. The quantitative estimate of drug-likeness (QED) is 0.601. The third-order valence-electron chi connectivity index (χ3n) is 3.82. The highest BCUT2D eigenvalue weighted by molar-refractivity contribution is 6.71. The molecule has 0 heterocycles. The molecule has 2 aromatic carbocycles. The van der Waals surface area contributed by atoms with Crippen LogP contribution in [0.1, 0.15) is 31.8 Å². The van der Waals surface area contributed by atoms with E-state index in [9.17, 15) is 9.59 Å². The van der Waals surface area contributed by atoms with Gasteiger partial charge in [0.15, 0.2) is 11.6 Å². The van der Waals surface area contributed by atoms with Gasteiger partial charge in [-0.15, -0.1) is 0 Å². The predicted octanol–water partition coefficient (Wildman–Crippen LogP) is 4.89. The number of benzene rings is 2. The van der Waals surface area contributed by atoms with Crippen molar-refractivity contribution >= 4 is 28.2 Å². The van der Waals surface area contributed by atoms with E-state index in [-0.39, 0.29) is 11.6 Å². The van der Waals surface area contributed by atoms with Crippen LogP contribution in [0.2, 0.25) is 39.3 Å². The van der Waals surface area contributed by atoms with Crippen molar-refractivity contribution in [2.45, 2.75) is 39.3 Å². The van der Waals surface area contributed by atoms with Crippen molar-refractivity contribution in [2.75, 3.05) is 0 Å². The maximum atomic E-state index is 12.9. The summed E-state index contributed by atoms with van der Waals surface area (Å²) in [6.07, 6.45) is 0. The van der Waals surface area contributed by atoms with Crippen molar-refractivity contribution in [2.24, 2.45) is 0 Å². The van der Waals surface area contributed by atoms with Crippen molar-refractivity contribution in [1.29, 1.82) is 0 Å². The SMILES string of the molecule is C[Si](C)(C)Oc1cc2c(cc1O[Si](C)(C)C)C(=O)c1ccccc1C2=O. The molecule has 4 nitrogen and oxygen atoms in total. The second-order valence-corrected chi connectivity index (χ2v) is 17.3. The molecule has 136 valence electrons. The third-order valence-corrected chi connectivity index (χ3v) is 5.49. The molecule has 0 saturated heterocycles. The Labute approximate surface area is 156 Å². The Morgan fingerprint density at radius 1 is 0.615 bits per heavy atom. The summed E-state index contributed by atoms with van der Waals surface area (Å²) >= 11 is 0. The Morgan fingerprint density at radius 3 is 1.27 bits per heavy atom. The largest absolute Gasteiger partial charge is 0.542 e. The van der Waals surface area contributed by atoms with Crippen molar-refractivity contribution in [3.05, 3.63) is 58.7 Å². The van der Waals surface area contributed by atoms with Crippen LogP contribution in [0.15, 0.2) is 36.4 Å². The molecule has 0 radical (unpaired) electrons. The van der Waals surface area contributed by atoms with Crippen LogP contribution < -0.4 is 8.85 Å². The first-order valence-corrected chi connectivity index (χ1v) is 15.5. The first-order valence-electron chi connectivity index (χ1n) is 8.71. The lowest BCUT2D eigenvalue weighted by molar-refractivity contribution is 0.0978. The van der Waals surface area contributed by atoms with Crippen LogP contribution in [-0.2, 0) is 0 Å². The molecule has 0 atom stereocenters. The van der Waals surface area contributed by atoms with E-state index in [0.29, 0.717) is 33.8 Å². The van der Waals surface area contributed by atoms with E-state index in [2.05, 4.69) is 39.3 Å². The monoisotopic (exact) mass is 384 g/mol. The number of carbonyl (C=O) groups excluding carboxylic acids is 2. The van der Waals surface area contributed by atoms with Crippen molar-refractivity contribution in [3.8, 4) is 11.5 Å². The second-order valence-electron chi connectivity index (χ2n) is 8.48. The van der Waals surface area contributed by atoms with Crippen LogP contribution in [0.4, 0.5) is 0 Å². The number of carbonyl (C=O) groups is 2. The summed E-state index contributed by atoms with van der Waals surface area (Å²) in [7, 11) is -3.84. The highest BCUT2D eigenvalue weighted by atomic mass is 28.4. The maximum absolute atomic E-state index is 12.9. The maximum Gasteiger partial charge on any atom is 0.242 e. The molecular formula is C20H24O4Si2. The Kier molecular flexibility index (Phi) is 4.44. The molecule has 3 rings (SSSR count). The Hall–Kier alpha value is -2.19. The van der Waals surface area contributed by atoms with Gasteiger partial charge in [0.2, 0.25) is 16.6 Å². The number of hydrogen-bond acceptors (Lipinski definition) is 4. The van der Waals surface area contributed by atoms with Crippen molar-refractivity contribution in [1.82, 2.24) is 0 Å². The molecular weight excluding hydrogens is 360 g/mol.